The highest BCUT2D eigenvalue weighted by Crippen LogP contribution is 2.21. The molecule has 1 aliphatic rings. The summed E-state index contributed by atoms with van der Waals surface area (Å²) >= 11 is 11.7. The van der Waals surface area contributed by atoms with Crippen LogP contribution in [0.2, 0.25) is 10.2 Å². The van der Waals surface area contributed by atoms with Crippen molar-refractivity contribution in [1.82, 2.24) is 10.3 Å². The number of amides is 1. The van der Waals surface area contributed by atoms with Gasteiger partial charge < -0.3 is 10.1 Å². The monoisotopic (exact) mass is 288 g/mol. The third-order valence-corrected chi connectivity index (χ3v) is 3.63. The van der Waals surface area contributed by atoms with E-state index in [2.05, 4.69) is 10.3 Å². The molecule has 1 amide bonds. The summed E-state index contributed by atoms with van der Waals surface area (Å²) in [6, 6.07) is 1.47. The van der Waals surface area contributed by atoms with Crippen molar-refractivity contribution < 1.29 is 9.53 Å². The summed E-state index contributed by atoms with van der Waals surface area (Å²) in [5.74, 6) is 0.119. The lowest BCUT2D eigenvalue weighted by Crippen LogP contribution is -2.32. The lowest BCUT2D eigenvalue weighted by atomic mass is 10.0. The molecule has 1 aliphatic heterocycles. The van der Waals surface area contributed by atoms with Crippen molar-refractivity contribution in [1.29, 1.82) is 0 Å². The number of hydrogen-bond donors (Lipinski definition) is 1. The lowest BCUT2D eigenvalue weighted by molar-refractivity contribution is 0.0907. The Balaban J connectivity index is 1.97. The molecule has 1 N–H and O–H groups in total. The summed E-state index contributed by atoms with van der Waals surface area (Å²) in [4.78, 5) is 15.8. The maximum absolute atomic E-state index is 12.0. The van der Waals surface area contributed by atoms with Crippen LogP contribution in [0.5, 0.6) is 0 Å². The quantitative estimate of drug-likeness (QED) is 0.870. The largest absolute Gasteiger partial charge is 0.378 e. The SMILES string of the molecule is CC1OCCC1CNC(=O)c1cc(Cl)ncc1Cl. The van der Waals surface area contributed by atoms with Crippen molar-refractivity contribution in [2.45, 2.75) is 19.4 Å². The Labute approximate surface area is 116 Å². The van der Waals surface area contributed by atoms with Gasteiger partial charge in [-0.1, -0.05) is 23.2 Å². The molecule has 0 aliphatic carbocycles. The van der Waals surface area contributed by atoms with Crippen molar-refractivity contribution in [3.63, 3.8) is 0 Å². The molecule has 18 heavy (non-hydrogen) atoms. The van der Waals surface area contributed by atoms with Gasteiger partial charge in [-0.2, -0.15) is 0 Å². The number of carbonyl (C=O) groups is 1. The second-order valence-electron chi connectivity index (χ2n) is 4.32. The molecule has 1 aromatic heterocycles. The fourth-order valence-electron chi connectivity index (χ4n) is 1.95. The van der Waals surface area contributed by atoms with Gasteiger partial charge in [0.2, 0.25) is 0 Å². The van der Waals surface area contributed by atoms with Crippen LogP contribution in [0.1, 0.15) is 23.7 Å². The molecule has 0 radical (unpaired) electrons. The normalized spacial score (nSPS) is 23.1. The molecule has 2 atom stereocenters. The van der Waals surface area contributed by atoms with E-state index in [9.17, 15) is 4.79 Å². The van der Waals surface area contributed by atoms with Gasteiger partial charge >= 0.3 is 0 Å². The van der Waals surface area contributed by atoms with Gasteiger partial charge in [0.05, 0.1) is 16.7 Å². The number of halogens is 2. The van der Waals surface area contributed by atoms with E-state index >= 15 is 0 Å². The van der Waals surface area contributed by atoms with Crippen LogP contribution in [0.25, 0.3) is 0 Å². The van der Waals surface area contributed by atoms with Crippen LogP contribution in [0.4, 0.5) is 0 Å². The van der Waals surface area contributed by atoms with Gasteiger partial charge in [0.1, 0.15) is 5.15 Å². The van der Waals surface area contributed by atoms with Crippen LogP contribution in [-0.4, -0.2) is 30.1 Å². The molecular weight excluding hydrogens is 275 g/mol. The Morgan fingerprint density at radius 1 is 1.61 bits per heavy atom. The molecule has 1 fully saturated rings. The molecule has 0 spiro atoms. The van der Waals surface area contributed by atoms with E-state index in [4.69, 9.17) is 27.9 Å². The van der Waals surface area contributed by atoms with Gasteiger partial charge in [-0.3, -0.25) is 4.79 Å². The highest BCUT2D eigenvalue weighted by Gasteiger charge is 2.24. The molecule has 98 valence electrons. The van der Waals surface area contributed by atoms with Gasteiger partial charge in [0.25, 0.3) is 5.91 Å². The minimum absolute atomic E-state index is 0.182. The average Bonchev–Trinajstić information content (AvgIpc) is 2.75. The zero-order valence-corrected chi connectivity index (χ0v) is 11.5. The standard InChI is InChI=1S/C12H14Cl2N2O2/c1-7-8(2-3-18-7)5-16-12(17)9-4-11(14)15-6-10(9)13/h4,6-8H,2-3,5H2,1H3,(H,16,17). The minimum atomic E-state index is -0.233. The second kappa shape index (κ2) is 5.87. The van der Waals surface area contributed by atoms with E-state index in [1.54, 1.807) is 0 Å². The third-order valence-electron chi connectivity index (χ3n) is 3.12. The van der Waals surface area contributed by atoms with E-state index in [0.29, 0.717) is 23.0 Å². The van der Waals surface area contributed by atoms with Crippen molar-refractivity contribution in [2.75, 3.05) is 13.2 Å². The lowest BCUT2D eigenvalue weighted by Gasteiger charge is -2.15. The zero-order chi connectivity index (χ0) is 13.1. The average molecular weight is 289 g/mol. The highest BCUT2D eigenvalue weighted by atomic mass is 35.5. The molecule has 1 aromatic rings. The number of pyridine rings is 1. The van der Waals surface area contributed by atoms with Gasteiger partial charge in [-0.15, -0.1) is 0 Å². The summed E-state index contributed by atoms with van der Waals surface area (Å²) in [6.07, 6.45) is 2.52. The predicted molar refractivity (Wildman–Crippen MR) is 70.1 cm³/mol. The van der Waals surface area contributed by atoms with Crippen LogP contribution >= 0.6 is 23.2 Å². The van der Waals surface area contributed by atoms with Crippen LogP contribution in [0, 0.1) is 5.92 Å². The maximum Gasteiger partial charge on any atom is 0.252 e. The molecule has 1 saturated heterocycles. The van der Waals surface area contributed by atoms with E-state index in [-0.39, 0.29) is 17.2 Å². The van der Waals surface area contributed by atoms with Crippen molar-refractivity contribution >= 4 is 29.1 Å². The molecule has 2 heterocycles. The molecule has 2 unspecified atom stereocenters. The fourth-order valence-corrected chi connectivity index (χ4v) is 2.30. The summed E-state index contributed by atoms with van der Waals surface area (Å²) in [5, 5.41) is 3.40. The number of aromatic nitrogens is 1. The molecule has 6 heteroatoms. The van der Waals surface area contributed by atoms with Crippen molar-refractivity contribution in [2.24, 2.45) is 5.92 Å². The Morgan fingerprint density at radius 2 is 2.39 bits per heavy atom. The van der Waals surface area contributed by atoms with Gasteiger partial charge in [0.15, 0.2) is 0 Å². The first-order chi connectivity index (χ1) is 8.58. The first kappa shape index (κ1) is 13.6. The summed E-state index contributed by atoms with van der Waals surface area (Å²) < 4.78 is 5.44. The van der Waals surface area contributed by atoms with Gasteiger partial charge in [-0.25, -0.2) is 4.98 Å². The fraction of sp³-hybridized carbons (Fsp3) is 0.500. The van der Waals surface area contributed by atoms with Gasteiger partial charge in [-0.05, 0) is 19.4 Å². The number of hydrogen-bond acceptors (Lipinski definition) is 3. The summed E-state index contributed by atoms with van der Waals surface area (Å²) in [5.41, 5.74) is 0.350. The van der Waals surface area contributed by atoms with Gasteiger partial charge in [0, 0.05) is 25.3 Å². The Kier molecular flexibility index (Phi) is 4.43. The Morgan fingerprint density at radius 3 is 3.06 bits per heavy atom. The minimum Gasteiger partial charge on any atom is -0.378 e. The van der Waals surface area contributed by atoms with Crippen molar-refractivity contribution in [3.8, 4) is 0 Å². The molecule has 0 saturated carbocycles. The predicted octanol–water partition coefficient (Wildman–Crippen LogP) is 2.54. The van der Waals surface area contributed by atoms with E-state index < -0.39 is 0 Å². The number of ether oxygens (including phenoxy) is 1. The molecular formula is C12H14Cl2N2O2. The van der Waals surface area contributed by atoms with E-state index in [1.165, 1.54) is 12.3 Å². The van der Waals surface area contributed by atoms with E-state index in [1.807, 2.05) is 6.92 Å². The van der Waals surface area contributed by atoms with Crippen molar-refractivity contribution in [3.05, 3.63) is 28.0 Å². The highest BCUT2D eigenvalue weighted by molar-refractivity contribution is 6.35. The topological polar surface area (TPSA) is 51.2 Å². The third kappa shape index (κ3) is 3.13. The van der Waals surface area contributed by atoms with E-state index in [0.717, 1.165) is 13.0 Å². The molecule has 4 nitrogen and oxygen atoms in total. The van der Waals surface area contributed by atoms with Crippen LogP contribution < -0.4 is 5.32 Å². The molecule has 0 bridgehead atoms. The summed E-state index contributed by atoms with van der Waals surface area (Å²) in [7, 11) is 0. The molecule has 2 rings (SSSR count). The first-order valence-electron chi connectivity index (χ1n) is 5.79. The smallest absolute Gasteiger partial charge is 0.252 e. The summed E-state index contributed by atoms with van der Waals surface area (Å²) in [6.45, 7) is 3.35. The van der Waals surface area contributed by atoms with Crippen LogP contribution in [0.15, 0.2) is 12.3 Å². The number of rotatable bonds is 3. The van der Waals surface area contributed by atoms with Crippen LogP contribution in [0.3, 0.4) is 0 Å². The first-order valence-corrected chi connectivity index (χ1v) is 6.54. The Bertz CT molecular complexity index is 454. The number of nitrogens with one attached hydrogen (secondary N) is 1. The second-order valence-corrected chi connectivity index (χ2v) is 5.12. The zero-order valence-electron chi connectivity index (χ0n) is 9.95. The maximum atomic E-state index is 12.0. The number of carbonyl (C=O) groups excluding carboxylic acids is 1. The molecule has 0 aromatic carbocycles. The van der Waals surface area contributed by atoms with Crippen LogP contribution in [-0.2, 0) is 4.74 Å². The number of nitrogens with zero attached hydrogens (tertiary/aromatic N) is 1. The Hall–Kier alpha value is -0.840.